The number of nitrogens with zero attached hydrogens (tertiary/aromatic N) is 3. The van der Waals surface area contributed by atoms with Crippen LogP contribution in [0, 0.1) is 5.92 Å². The lowest BCUT2D eigenvalue weighted by Gasteiger charge is -2.35. The second-order valence-corrected chi connectivity index (χ2v) is 7.47. The number of hydrogen-bond donors (Lipinski definition) is 1. The smallest absolute Gasteiger partial charge is 0.274 e. The summed E-state index contributed by atoms with van der Waals surface area (Å²) >= 11 is 0. The second kappa shape index (κ2) is 7.85. The van der Waals surface area contributed by atoms with Gasteiger partial charge in [-0.2, -0.15) is 0 Å². The van der Waals surface area contributed by atoms with E-state index in [9.17, 15) is 4.79 Å². The normalized spacial score (nSPS) is 17.7. The van der Waals surface area contributed by atoms with Crippen molar-refractivity contribution in [1.82, 2.24) is 9.97 Å². The number of carbonyl (C=O) groups is 1. The molecule has 0 aliphatic heterocycles. The van der Waals surface area contributed by atoms with Gasteiger partial charge in [0.15, 0.2) is 0 Å². The maximum Gasteiger partial charge on any atom is 0.274 e. The first kappa shape index (κ1) is 17.0. The number of carbonyl (C=O) groups excluding carboxylic acids is 1. The predicted molar refractivity (Wildman–Crippen MR) is 103 cm³/mol. The maximum atomic E-state index is 12.6. The van der Waals surface area contributed by atoms with Crippen LogP contribution in [0.1, 0.15) is 55.4 Å². The summed E-state index contributed by atoms with van der Waals surface area (Å²) in [6, 6.07) is 11.9. The zero-order valence-corrected chi connectivity index (χ0v) is 15.1. The highest BCUT2D eigenvalue weighted by Gasteiger charge is 2.30. The molecule has 2 aliphatic carbocycles. The number of para-hydroxylation sites is 1. The molecule has 1 aromatic carbocycles. The third-order valence-corrected chi connectivity index (χ3v) is 5.38. The molecule has 5 nitrogen and oxygen atoms in total. The fraction of sp³-hybridized carbons (Fsp3) is 0.476. The number of hydrogen-bond acceptors (Lipinski definition) is 4. The SMILES string of the molecule is O=C(Nc1ccccc1)c1cc(N(CC2CC2)C2CCCCC2)ncn1. The highest BCUT2D eigenvalue weighted by atomic mass is 16.1. The van der Waals surface area contributed by atoms with Crippen molar-refractivity contribution in [2.24, 2.45) is 5.92 Å². The Balaban J connectivity index is 1.53. The Morgan fingerprint density at radius 2 is 1.81 bits per heavy atom. The van der Waals surface area contributed by atoms with E-state index in [1.54, 1.807) is 0 Å². The number of nitrogens with one attached hydrogen (secondary N) is 1. The van der Waals surface area contributed by atoms with Crippen LogP contribution in [0.25, 0.3) is 0 Å². The summed E-state index contributed by atoms with van der Waals surface area (Å²) in [6.07, 6.45) is 10.5. The molecule has 0 spiro atoms. The van der Waals surface area contributed by atoms with Crippen molar-refractivity contribution in [1.29, 1.82) is 0 Å². The number of benzene rings is 1. The summed E-state index contributed by atoms with van der Waals surface area (Å²) < 4.78 is 0. The largest absolute Gasteiger partial charge is 0.353 e. The van der Waals surface area contributed by atoms with Gasteiger partial charge in [-0.1, -0.05) is 37.5 Å². The fourth-order valence-corrected chi connectivity index (χ4v) is 3.75. The molecule has 26 heavy (non-hydrogen) atoms. The fourth-order valence-electron chi connectivity index (χ4n) is 3.75. The third kappa shape index (κ3) is 4.21. The number of anilines is 2. The molecule has 1 N–H and O–H groups in total. The lowest BCUT2D eigenvalue weighted by atomic mass is 9.94. The molecule has 0 atom stereocenters. The Hall–Kier alpha value is -2.43. The molecule has 0 unspecified atom stereocenters. The molecule has 0 saturated heterocycles. The van der Waals surface area contributed by atoms with Crippen LogP contribution in [-0.2, 0) is 0 Å². The van der Waals surface area contributed by atoms with E-state index >= 15 is 0 Å². The Morgan fingerprint density at radius 1 is 1.04 bits per heavy atom. The van der Waals surface area contributed by atoms with Crippen molar-refractivity contribution in [2.75, 3.05) is 16.8 Å². The van der Waals surface area contributed by atoms with Gasteiger partial charge in [0.25, 0.3) is 5.91 Å². The zero-order chi connectivity index (χ0) is 17.8. The number of aromatic nitrogens is 2. The molecule has 5 heteroatoms. The summed E-state index contributed by atoms with van der Waals surface area (Å²) in [4.78, 5) is 23.8. The number of rotatable bonds is 6. The van der Waals surface area contributed by atoms with Gasteiger partial charge in [-0.25, -0.2) is 9.97 Å². The van der Waals surface area contributed by atoms with E-state index in [0.29, 0.717) is 11.7 Å². The standard InChI is InChI=1S/C21H26N4O/c26-21(24-17-7-3-1-4-8-17)19-13-20(23-15-22-19)25(14-16-11-12-16)18-9-5-2-6-10-18/h1,3-4,7-8,13,15-16,18H,2,5-6,9-12,14H2,(H,24,26). The average Bonchev–Trinajstić information content (AvgIpc) is 3.52. The van der Waals surface area contributed by atoms with Gasteiger partial charge in [0, 0.05) is 24.3 Å². The molecule has 1 heterocycles. The highest BCUT2D eigenvalue weighted by molar-refractivity contribution is 6.03. The molecule has 136 valence electrons. The van der Waals surface area contributed by atoms with Crippen LogP contribution in [0.3, 0.4) is 0 Å². The Morgan fingerprint density at radius 3 is 2.54 bits per heavy atom. The number of amides is 1. The predicted octanol–water partition coefficient (Wildman–Crippen LogP) is 4.28. The molecule has 1 aromatic heterocycles. The zero-order valence-electron chi connectivity index (χ0n) is 15.1. The van der Waals surface area contributed by atoms with Crippen LogP contribution >= 0.6 is 0 Å². The van der Waals surface area contributed by atoms with Crippen molar-refractivity contribution in [3.63, 3.8) is 0 Å². The minimum Gasteiger partial charge on any atom is -0.353 e. The van der Waals surface area contributed by atoms with Gasteiger partial charge in [0.1, 0.15) is 17.8 Å². The molecule has 1 amide bonds. The first-order chi connectivity index (χ1) is 12.8. The third-order valence-electron chi connectivity index (χ3n) is 5.38. The van der Waals surface area contributed by atoms with Crippen LogP contribution in [-0.4, -0.2) is 28.5 Å². The van der Waals surface area contributed by atoms with Crippen LogP contribution in [0.2, 0.25) is 0 Å². The average molecular weight is 350 g/mol. The van der Waals surface area contributed by atoms with E-state index < -0.39 is 0 Å². The summed E-state index contributed by atoms with van der Waals surface area (Å²) in [7, 11) is 0. The molecule has 0 bridgehead atoms. The van der Waals surface area contributed by atoms with Crippen LogP contribution in [0.15, 0.2) is 42.7 Å². The minimum absolute atomic E-state index is 0.185. The van der Waals surface area contributed by atoms with E-state index in [4.69, 9.17) is 0 Å². The quantitative estimate of drug-likeness (QED) is 0.845. The van der Waals surface area contributed by atoms with Crippen LogP contribution in [0.4, 0.5) is 11.5 Å². The van der Waals surface area contributed by atoms with Gasteiger partial charge in [0.05, 0.1) is 0 Å². The maximum absolute atomic E-state index is 12.6. The molecule has 2 fully saturated rings. The lowest BCUT2D eigenvalue weighted by molar-refractivity contribution is 0.102. The summed E-state index contributed by atoms with van der Waals surface area (Å²) in [5, 5.41) is 2.91. The van der Waals surface area contributed by atoms with E-state index in [1.165, 1.54) is 51.3 Å². The van der Waals surface area contributed by atoms with E-state index in [0.717, 1.165) is 24.0 Å². The van der Waals surface area contributed by atoms with E-state index in [2.05, 4.69) is 20.2 Å². The van der Waals surface area contributed by atoms with Crippen molar-refractivity contribution >= 4 is 17.4 Å². The molecule has 4 rings (SSSR count). The lowest BCUT2D eigenvalue weighted by Crippen LogP contribution is -2.39. The summed E-state index contributed by atoms with van der Waals surface area (Å²) in [5.41, 5.74) is 1.20. The van der Waals surface area contributed by atoms with Crippen LogP contribution in [0.5, 0.6) is 0 Å². The van der Waals surface area contributed by atoms with Gasteiger partial charge in [-0.05, 0) is 43.7 Å². The van der Waals surface area contributed by atoms with Crippen molar-refractivity contribution < 1.29 is 4.79 Å². The highest BCUT2D eigenvalue weighted by Crippen LogP contribution is 2.34. The molecular formula is C21H26N4O. The molecular weight excluding hydrogens is 324 g/mol. The van der Waals surface area contributed by atoms with Gasteiger partial charge in [0.2, 0.25) is 0 Å². The summed E-state index contributed by atoms with van der Waals surface area (Å²) in [5.74, 6) is 1.50. The Labute approximate surface area is 154 Å². The Bertz CT molecular complexity index is 739. The van der Waals surface area contributed by atoms with Gasteiger partial charge in [-0.3, -0.25) is 4.79 Å². The van der Waals surface area contributed by atoms with Gasteiger partial charge < -0.3 is 10.2 Å². The van der Waals surface area contributed by atoms with E-state index in [1.807, 2.05) is 36.4 Å². The van der Waals surface area contributed by atoms with Gasteiger partial charge in [-0.15, -0.1) is 0 Å². The van der Waals surface area contributed by atoms with Crippen molar-refractivity contribution in [3.05, 3.63) is 48.4 Å². The first-order valence-electron chi connectivity index (χ1n) is 9.75. The molecule has 2 saturated carbocycles. The topological polar surface area (TPSA) is 58.1 Å². The summed E-state index contributed by atoms with van der Waals surface area (Å²) in [6.45, 7) is 1.06. The van der Waals surface area contributed by atoms with Gasteiger partial charge >= 0.3 is 0 Å². The van der Waals surface area contributed by atoms with Crippen molar-refractivity contribution in [3.8, 4) is 0 Å². The monoisotopic (exact) mass is 350 g/mol. The van der Waals surface area contributed by atoms with Crippen LogP contribution < -0.4 is 10.2 Å². The minimum atomic E-state index is -0.185. The van der Waals surface area contributed by atoms with E-state index in [-0.39, 0.29) is 5.91 Å². The Kier molecular flexibility index (Phi) is 5.14. The van der Waals surface area contributed by atoms with Crippen molar-refractivity contribution in [2.45, 2.75) is 51.0 Å². The first-order valence-corrected chi connectivity index (χ1v) is 9.75. The molecule has 2 aliphatic rings. The molecule has 0 radical (unpaired) electrons. The molecule has 2 aromatic rings. The second-order valence-electron chi connectivity index (χ2n) is 7.47.